The molecule has 0 aromatic rings. The van der Waals surface area contributed by atoms with Gasteiger partial charge in [-0.2, -0.15) is 0 Å². The first-order valence-electron chi connectivity index (χ1n) is 3.21. The Morgan fingerprint density at radius 1 is 1.55 bits per heavy atom. The molecule has 0 unspecified atom stereocenters. The highest BCUT2D eigenvalue weighted by molar-refractivity contribution is 5.70. The molecule has 1 aliphatic heterocycles. The summed E-state index contributed by atoms with van der Waals surface area (Å²) in [6, 6.07) is 0. The van der Waals surface area contributed by atoms with E-state index in [0.717, 1.165) is 0 Å². The highest BCUT2D eigenvalue weighted by Crippen LogP contribution is 2.26. The molecule has 3 nitrogen and oxygen atoms in total. The maximum atomic E-state index is 12.0. The van der Waals surface area contributed by atoms with Gasteiger partial charge in [-0.15, -0.1) is 0 Å². The van der Waals surface area contributed by atoms with Crippen LogP contribution in [-0.4, -0.2) is 30.7 Å². The predicted molar refractivity (Wildman–Crippen MR) is 31.4 cm³/mol. The maximum Gasteiger partial charge on any atom is 0.309 e. The Labute approximate surface area is 62.0 Å². The molecule has 1 rings (SSSR count). The second-order valence-corrected chi connectivity index (χ2v) is 2.48. The van der Waals surface area contributed by atoms with Crippen LogP contribution in [0, 0.1) is 11.8 Å². The first-order chi connectivity index (χ1) is 5.13. The smallest absolute Gasteiger partial charge is 0.309 e. The SMILES string of the molecule is O=C(O)[C@H]1COC[C@@H]1C(F)F. The van der Waals surface area contributed by atoms with E-state index in [1.165, 1.54) is 0 Å². The molecule has 1 N–H and O–H groups in total. The van der Waals surface area contributed by atoms with Crippen molar-refractivity contribution in [3.63, 3.8) is 0 Å². The molecule has 0 aliphatic carbocycles. The summed E-state index contributed by atoms with van der Waals surface area (Å²) in [4.78, 5) is 10.3. The Hall–Kier alpha value is -0.710. The van der Waals surface area contributed by atoms with Gasteiger partial charge < -0.3 is 9.84 Å². The average molecular weight is 166 g/mol. The molecule has 0 aromatic carbocycles. The predicted octanol–water partition coefficient (Wildman–Crippen LogP) is 0.599. The summed E-state index contributed by atoms with van der Waals surface area (Å²) in [5.41, 5.74) is 0. The minimum atomic E-state index is -2.60. The van der Waals surface area contributed by atoms with E-state index in [1.807, 2.05) is 0 Å². The highest BCUT2D eigenvalue weighted by atomic mass is 19.3. The first-order valence-corrected chi connectivity index (χ1v) is 3.21. The van der Waals surface area contributed by atoms with Crippen LogP contribution in [0.15, 0.2) is 0 Å². The van der Waals surface area contributed by atoms with E-state index in [9.17, 15) is 13.6 Å². The van der Waals surface area contributed by atoms with Crippen molar-refractivity contribution in [1.29, 1.82) is 0 Å². The van der Waals surface area contributed by atoms with Crippen molar-refractivity contribution in [1.82, 2.24) is 0 Å². The Morgan fingerprint density at radius 2 is 2.18 bits per heavy atom. The van der Waals surface area contributed by atoms with Crippen molar-refractivity contribution in [2.24, 2.45) is 11.8 Å². The summed E-state index contributed by atoms with van der Waals surface area (Å²) in [6.07, 6.45) is -2.60. The average Bonchev–Trinajstić information content (AvgIpc) is 2.32. The summed E-state index contributed by atoms with van der Waals surface area (Å²) in [7, 11) is 0. The van der Waals surface area contributed by atoms with E-state index in [2.05, 4.69) is 4.74 Å². The van der Waals surface area contributed by atoms with Gasteiger partial charge in [-0.3, -0.25) is 4.79 Å². The summed E-state index contributed by atoms with van der Waals surface area (Å²) < 4.78 is 28.6. The fraction of sp³-hybridized carbons (Fsp3) is 0.833. The van der Waals surface area contributed by atoms with E-state index in [0.29, 0.717) is 0 Å². The lowest BCUT2D eigenvalue weighted by atomic mass is 9.97. The van der Waals surface area contributed by atoms with Gasteiger partial charge in [0.25, 0.3) is 0 Å². The molecule has 1 fully saturated rings. The summed E-state index contributed by atoms with van der Waals surface area (Å²) in [5.74, 6) is -3.37. The Bertz CT molecular complexity index is 160. The standard InChI is InChI=1S/C6H8F2O3/c7-5(8)3-1-11-2-4(3)6(9)10/h3-5H,1-2H2,(H,9,10)/t3-,4-/m0/s1. The zero-order valence-corrected chi connectivity index (χ0v) is 5.67. The van der Waals surface area contributed by atoms with Crippen LogP contribution >= 0.6 is 0 Å². The fourth-order valence-corrected chi connectivity index (χ4v) is 1.07. The molecule has 0 radical (unpaired) electrons. The van der Waals surface area contributed by atoms with Gasteiger partial charge in [-0.25, -0.2) is 8.78 Å². The summed E-state index contributed by atoms with van der Waals surface area (Å²) in [6.45, 7) is -0.237. The van der Waals surface area contributed by atoms with E-state index < -0.39 is 24.2 Å². The second-order valence-electron chi connectivity index (χ2n) is 2.48. The van der Waals surface area contributed by atoms with Gasteiger partial charge in [0.15, 0.2) is 0 Å². The van der Waals surface area contributed by atoms with Crippen LogP contribution in [0.4, 0.5) is 8.78 Å². The third-order valence-corrected chi connectivity index (χ3v) is 1.77. The highest BCUT2D eigenvalue weighted by Gasteiger charge is 2.39. The molecule has 0 amide bonds. The Balaban J connectivity index is 2.58. The second kappa shape index (κ2) is 3.13. The molecule has 1 aliphatic rings. The number of carboxylic acids is 1. The summed E-state index contributed by atoms with van der Waals surface area (Å²) in [5, 5.41) is 8.42. The van der Waals surface area contributed by atoms with Crippen LogP contribution in [0.3, 0.4) is 0 Å². The monoisotopic (exact) mass is 166 g/mol. The molecular formula is C6H8F2O3. The number of hydrogen-bond donors (Lipinski definition) is 1. The molecule has 0 spiro atoms. The Kier molecular flexibility index (Phi) is 2.38. The number of carboxylic acid groups (broad SMARTS) is 1. The number of ether oxygens (including phenoxy) is 1. The quantitative estimate of drug-likeness (QED) is 0.653. The lowest BCUT2D eigenvalue weighted by molar-refractivity contribution is -0.144. The molecule has 0 aromatic heterocycles. The van der Waals surface area contributed by atoms with Crippen molar-refractivity contribution in [3.05, 3.63) is 0 Å². The van der Waals surface area contributed by atoms with Gasteiger partial charge in [0.1, 0.15) is 0 Å². The number of alkyl halides is 2. The number of halogens is 2. The minimum absolute atomic E-state index is 0.0929. The van der Waals surface area contributed by atoms with Crippen LogP contribution in [0.5, 0.6) is 0 Å². The maximum absolute atomic E-state index is 12.0. The topological polar surface area (TPSA) is 46.5 Å². The van der Waals surface area contributed by atoms with Crippen molar-refractivity contribution in [3.8, 4) is 0 Å². The van der Waals surface area contributed by atoms with E-state index in [4.69, 9.17) is 5.11 Å². The van der Waals surface area contributed by atoms with Crippen molar-refractivity contribution >= 4 is 5.97 Å². The van der Waals surface area contributed by atoms with Gasteiger partial charge >= 0.3 is 5.97 Å². The van der Waals surface area contributed by atoms with E-state index in [-0.39, 0.29) is 13.2 Å². The number of hydrogen-bond acceptors (Lipinski definition) is 2. The van der Waals surface area contributed by atoms with Crippen molar-refractivity contribution in [2.45, 2.75) is 6.43 Å². The van der Waals surface area contributed by atoms with E-state index in [1.54, 1.807) is 0 Å². The Morgan fingerprint density at radius 3 is 2.55 bits per heavy atom. The molecular weight excluding hydrogens is 158 g/mol. The molecule has 1 saturated heterocycles. The third kappa shape index (κ3) is 1.65. The van der Waals surface area contributed by atoms with Gasteiger partial charge in [-0.1, -0.05) is 0 Å². The minimum Gasteiger partial charge on any atom is -0.481 e. The van der Waals surface area contributed by atoms with E-state index >= 15 is 0 Å². The summed E-state index contributed by atoms with van der Waals surface area (Å²) >= 11 is 0. The lowest BCUT2D eigenvalue weighted by Crippen LogP contribution is -2.27. The molecule has 5 heteroatoms. The molecule has 64 valence electrons. The zero-order chi connectivity index (χ0) is 8.43. The van der Waals surface area contributed by atoms with Crippen LogP contribution in [0.2, 0.25) is 0 Å². The van der Waals surface area contributed by atoms with Crippen LogP contribution in [-0.2, 0) is 9.53 Å². The van der Waals surface area contributed by atoms with Gasteiger partial charge in [0, 0.05) is 0 Å². The first kappa shape index (κ1) is 8.39. The van der Waals surface area contributed by atoms with Crippen LogP contribution in [0.1, 0.15) is 0 Å². The van der Waals surface area contributed by atoms with Crippen molar-refractivity contribution in [2.75, 3.05) is 13.2 Å². The van der Waals surface area contributed by atoms with Gasteiger partial charge in [0.2, 0.25) is 6.43 Å². The van der Waals surface area contributed by atoms with Crippen molar-refractivity contribution < 1.29 is 23.4 Å². The van der Waals surface area contributed by atoms with Crippen LogP contribution in [0.25, 0.3) is 0 Å². The molecule has 0 saturated carbocycles. The van der Waals surface area contributed by atoms with Gasteiger partial charge in [0.05, 0.1) is 25.0 Å². The molecule has 2 atom stereocenters. The normalized spacial score (nSPS) is 31.2. The fourth-order valence-electron chi connectivity index (χ4n) is 1.07. The number of aliphatic carboxylic acids is 1. The molecule has 0 bridgehead atoms. The number of rotatable bonds is 2. The number of carbonyl (C=O) groups is 1. The zero-order valence-electron chi connectivity index (χ0n) is 5.67. The molecule has 1 heterocycles. The third-order valence-electron chi connectivity index (χ3n) is 1.77. The largest absolute Gasteiger partial charge is 0.481 e. The lowest BCUT2D eigenvalue weighted by Gasteiger charge is -2.10. The van der Waals surface area contributed by atoms with Crippen LogP contribution < -0.4 is 0 Å². The van der Waals surface area contributed by atoms with Gasteiger partial charge in [-0.05, 0) is 0 Å². The molecule has 11 heavy (non-hydrogen) atoms.